The highest BCUT2D eigenvalue weighted by atomic mass is 16.4. The first-order valence-electron chi connectivity index (χ1n) is 8.67. The molecule has 0 N–H and O–H groups in total. The zero-order valence-corrected chi connectivity index (χ0v) is 14.0. The Labute approximate surface area is 142 Å². The third kappa shape index (κ3) is 3.02. The Morgan fingerprint density at radius 2 is 1.96 bits per heavy atom. The van der Waals surface area contributed by atoms with Gasteiger partial charge in [-0.05, 0) is 30.9 Å². The molecule has 1 aromatic heterocycles. The number of rotatable bonds is 4. The number of aromatic nitrogens is 1. The minimum Gasteiger partial charge on any atom is -0.423 e. The van der Waals surface area contributed by atoms with E-state index in [0.29, 0.717) is 17.5 Å². The standard InChI is InChI=1S/C19H22N4O/c1-14-4-2-3-5-16(14)13-22-8-10-23(11-9-22)19-17(12-20)21-18(24-19)15-6-7-15/h2-5,15H,6-11,13H2,1H3. The molecule has 4 rings (SSSR count). The van der Waals surface area contributed by atoms with Gasteiger partial charge >= 0.3 is 0 Å². The fourth-order valence-corrected chi connectivity index (χ4v) is 3.26. The molecule has 1 aliphatic heterocycles. The van der Waals surface area contributed by atoms with Crippen LogP contribution in [0.4, 0.5) is 5.88 Å². The molecule has 1 saturated carbocycles. The summed E-state index contributed by atoms with van der Waals surface area (Å²) in [4.78, 5) is 9.01. The maximum atomic E-state index is 9.33. The summed E-state index contributed by atoms with van der Waals surface area (Å²) in [5.74, 6) is 1.87. The Morgan fingerprint density at radius 1 is 1.21 bits per heavy atom. The van der Waals surface area contributed by atoms with Gasteiger partial charge in [0.05, 0.1) is 0 Å². The normalized spacial score (nSPS) is 18.6. The summed E-state index contributed by atoms with van der Waals surface area (Å²) in [6.07, 6.45) is 2.27. The molecule has 124 valence electrons. The summed E-state index contributed by atoms with van der Waals surface area (Å²) >= 11 is 0. The Balaban J connectivity index is 1.41. The van der Waals surface area contributed by atoms with Gasteiger partial charge < -0.3 is 9.32 Å². The van der Waals surface area contributed by atoms with E-state index in [9.17, 15) is 5.26 Å². The number of oxazole rings is 1. The molecule has 1 saturated heterocycles. The average molecular weight is 322 g/mol. The minimum absolute atomic E-state index is 0.438. The fourth-order valence-electron chi connectivity index (χ4n) is 3.26. The summed E-state index contributed by atoms with van der Waals surface area (Å²) in [5.41, 5.74) is 3.18. The molecule has 0 atom stereocenters. The molecule has 2 heterocycles. The van der Waals surface area contributed by atoms with Gasteiger partial charge in [-0.25, -0.2) is 4.98 Å². The van der Waals surface area contributed by atoms with E-state index in [2.05, 4.69) is 52.0 Å². The predicted octanol–water partition coefficient (Wildman–Crippen LogP) is 3.05. The first-order chi connectivity index (χ1) is 11.7. The van der Waals surface area contributed by atoms with E-state index in [0.717, 1.165) is 51.5 Å². The number of hydrogen-bond donors (Lipinski definition) is 0. The molecule has 0 spiro atoms. The van der Waals surface area contributed by atoms with Crippen molar-refractivity contribution in [2.24, 2.45) is 0 Å². The van der Waals surface area contributed by atoms with Gasteiger partial charge in [-0.2, -0.15) is 5.26 Å². The van der Waals surface area contributed by atoms with Crippen LogP contribution in [0.1, 0.15) is 41.5 Å². The molecule has 1 aliphatic carbocycles. The van der Waals surface area contributed by atoms with Crippen LogP contribution in [0.3, 0.4) is 0 Å². The van der Waals surface area contributed by atoms with Crippen LogP contribution in [0.2, 0.25) is 0 Å². The third-order valence-electron chi connectivity index (χ3n) is 4.97. The minimum atomic E-state index is 0.438. The smallest absolute Gasteiger partial charge is 0.234 e. The predicted molar refractivity (Wildman–Crippen MR) is 91.9 cm³/mol. The fraction of sp³-hybridized carbons (Fsp3) is 0.474. The average Bonchev–Trinajstić information content (AvgIpc) is 3.37. The van der Waals surface area contributed by atoms with E-state index >= 15 is 0 Å². The number of piperazine rings is 1. The second kappa shape index (κ2) is 6.29. The van der Waals surface area contributed by atoms with Crippen LogP contribution >= 0.6 is 0 Å². The largest absolute Gasteiger partial charge is 0.423 e. The molecule has 5 nitrogen and oxygen atoms in total. The molecular formula is C19H22N4O. The maximum absolute atomic E-state index is 9.33. The summed E-state index contributed by atoms with van der Waals surface area (Å²) in [5, 5.41) is 9.33. The number of aryl methyl sites for hydroxylation is 1. The van der Waals surface area contributed by atoms with Crippen molar-refractivity contribution in [2.45, 2.75) is 32.2 Å². The van der Waals surface area contributed by atoms with Gasteiger partial charge in [0.2, 0.25) is 17.5 Å². The highest BCUT2D eigenvalue weighted by Crippen LogP contribution is 2.41. The highest BCUT2D eigenvalue weighted by molar-refractivity contribution is 5.48. The van der Waals surface area contributed by atoms with Crippen molar-refractivity contribution in [3.05, 3.63) is 47.0 Å². The zero-order chi connectivity index (χ0) is 16.5. The van der Waals surface area contributed by atoms with Crippen LogP contribution in [0.5, 0.6) is 0 Å². The topological polar surface area (TPSA) is 56.3 Å². The van der Waals surface area contributed by atoms with Crippen LogP contribution in [0, 0.1) is 18.3 Å². The molecule has 5 heteroatoms. The molecule has 2 fully saturated rings. The maximum Gasteiger partial charge on any atom is 0.234 e. The Hall–Kier alpha value is -2.32. The van der Waals surface area contributed by atoms with Gasteiger partial charge in [0, 0.05) is 38.6 Å². The van der Waals surface area contributed by atoms with Crippen molar-refractivity contribution >= 4 is 5.88 Å². The van der Waals surface area contributed by atoms with Crippen molar-refractivity contribution in [3.63, 3.8) is 0 Å². The van der Waals surface area contributed by atoms with Gasteiger partial charge in [-0.3, -0.25) is 4.90 Å². The molecule has 0 bridgehead atoms. The van der Waals surface area contributed by atoms with Crippen molar-refractivity contribution in [1.29, 1.82) is 5.26 Å². The number of benzene rings is 1. The van der Waals surface area contributed by atoms with Crippen LogP contribution in [0.25, 0.3) is 0 Å². The lowest BCUT2D eigenvalue weighted by atomic mass is 10.1. The first kappa shape index (κ1) is 15.2. The van der Waals surface area contributed by atoms with Crippen LogP contribution in [-0.2, 0) is 6.54 Å². The Kier molecular flexibility index (Phi) is 3.99. The number of nitrogens with zero attached hydrogens (tertiary/aromatic N) is 4. The van der Waals surface area contributed by atoms with Crippen LogP contribution in [-0.4, -0.2) is 36.1 Å². The molecule has 24 heavy (non-hydrogen) atoms. The number of anilines is 1. The summed E-state index contributed by atoms with van der Waals surface area (Å²) in [7, 11) is 0. The van der Waals surface area contributed by atoms with E-state index in [4.69, 9.17) is 4.42 Å². The Morgan fingerprint density at radius 3 is 2.62 bits per heavy atom. The molecule has 2 aliphatic rings. The third-order valence-corrected chi connectivity index (χ3v) is 4.97. The molecular weight excluding hydrogens is 300 g/mol. The SMILES string of the molecule is Cc1ccccc1CN1CCN(c2oc(C3CC3)nc2C#N)CC1. The van der Waals surface area contributed by atoms with Crippen LogP contribution in [0.15, 0.2) is 28.7 Å². The van der Waals surface area contributed by atoms with Gasteiger partial charge in [-0.15, -0.1) is 0 Å². The van der Waals surface area contributed by atoms with Crippen molar-refractivity contribution < 1.29 is 4.42 Å². The number of hydrogen-bond acceptors (Lipinski definition) is 5. The van der Waals surface area contributed by atoms with Gasteiger partial charge in [-0.1, -0.05) is 24.3 Å². The zero-order valence-electron chi connectivity index (χ0n) is 14.0. The molecule has 0 unspecified atom stereocenters. The lowest BCUT2D eigenvalue weighted by Gasteiger charge is -2.34. The first-order valence-corrected chi connectivity index (χ1v) is 8.67. The van der Waals surface area contributed by atoms with E-state index in [-0.39, 0.29) is 0 Å². The monoisotopic (exact) mass is 322 g/mol. The van der Waals surface area contributed by atoms with Crippen molar-refractivity contribution in [2.75, 3.05) is 31.1 Å². The summed E-state index contributed by atoms with van der Waals surface area (Å²) in [6.45, 7) is 6.84. The van der Waals surface area contributed by atoms with E-state index in [1.54, 1.807) is 0 Å². The molecule has 0 amide bonds. The molecule has 0 radical (unpaired) electrons. The van der Waals surface area contributed by atoms with E-state index in [1.165, 1.54) is 11.1 Å². The lowest BCUT2D eigenvalue weighted by Crippen LogP contribution is -2.46. The van der Waals surface area contributed by atoms with E-state index < -0.39 is 0 Å². The Bertz CT molecular complexity index is 764. The second-order valence-corrected chi connectivity index (χ2v) is 6.78. The molecule has 2 aromatic rings. The summed E-state index contributed by atoms with van der Waals surface area (Å²) < 4.78 is 5.92. The number of nitriles is 1. The van der Waals surface area contributed by atoms with Gasteiger partial charge in [0.15, 0.2) is 0 Å². The van der Waals surface area contributed by atoms with Crippen LogP contribution < -0.4 is 4.90 Å². The summed E-state index contributed by atoms with van der Waals surface area (Å²) in [6, 6.07) is 10.7. The van der Waals surface area contributed by atoms with Crippen molar-refractivity contribution in [1.82, 2.24) is 9.88 Å². The van der Waals surface area contributed by atoms with Gasteiger partial charge in [0.25, 0.3) is 0 Å². The lowest BCUT2D eigenvalue weighted by molar-refractivity contribution is 0.245. The van der Waals surface area contributed by atoms with Gasteiger partial charge in [0.1, 0.15) is 6.07 Å². The van der Waals surface area contributed by atoms with Crippen molar-refractivity contribution in [3.8, 4) is 6.07 Å². The highest BCUT2D eigenvalue weighted by Gasteiger charge is 2.32. The second-order valence-electron chi connectivity index (χ2n) is 6.78. The molecule has 1 aromatic carbocycles. The van der Waals surface area contributed by atoms with E-state index in [1.807, 2.05) is 0 Å². The quantitative estimate of drug-likeness (QED) is 0.866.